The number of nitrogens with zero attached hydrogens (tertiary/aromatic N) is 1. The molecule has 194 valence electrons. The largest absolute Gasteiger partial charge is 0.310 e. The van der Waals surface area contributed by atoms with Crippen molar-refractivity contribution in [2.24, 2.45) is 0 Å². The van der Waals surface area contributed by atoms with Crippen molar-refractivity contribution >= 4 is 17.1 Å². The summed E-state index contributed by atoms with van der Waals surface area (Å²) in [4.78, 5) is 2.41. The summed E-state index contributed by atoms with van der Waals surface area (Å²) in [6.07, 6.45) is 3.13. The van der Waals surface area contributed by atoms with E-state index in [-0.39, 0.29) is 5.92 Å². The predicted molar refractivity (Wildman–Crippen MR) is 167 cm³/mol. The molecule has 0 fully saturated rings. The van der Waals surface area contributed by atoms with E-state index in [4.69, 9.17) is 0 Å². The normalized spacial score (nSPS) is 13.7. The maximum absolute atomic E-state index is 2.44. The van der Waals surface area contributed by atoms with E-state index in [0.29, 0.717) is 0 Å². The van der Waals surface area contributed by atoms with Gasteiger partial charge in [-0.05, 0) is 107 Å². The summed E-state index contributed by atoms with van der Waals surface area (Å²) in [5.41, 5.74) is 15.9. The highest BCUT2D eigenvalue weighted by Gasteiger charge is 2.31. The Balaban J connectivity index is 1.53. The Bertz CT molecular complexity index is 1540. The Morgan fingerprint density at radius 3 is 1.49 bits per heavy atom. The molecule has 1 nitrogen and oxygen atoms in total. The van der Waals surface area contributed by atoms with Gasteiger partial charge in [0.1, 0.15) is 0 Å². The first-order valence-corrected chi connectivity index (χ1v) is 14.4. The van der Waals surface area contributed by atoms with Crippen molar-refractivity contribution in [3.63, 3.8) is 0 Å². The van der Waals surface area contributed by atoms with Gasteiger partial charge in [0.2, 0.25) is 0 Å². The van der Waals surface area contributed by atoms with E-state index in [9.17, 15) is 0 Å². The molecule has 0 N–H and O–H groups in total. The molecule has 5 aromatic rings. The number of hydrogen-bond donors (Lipinski definition) is 0. The molecule has 6 rings (SSSR count). The van der Waals surface area contributed by atoms with Gasteiger partial charge in [-0.2, -0.15) is 0 Å². The molecule has 0 amide bonds. The van der Waals surface area contributed by atoms with Gasteiger partial charge in [-0.15, -0.1) is 0 Å². The van der Waals surface area contributed by atoms with Crippen LogP contribution >= 0.6 is 0 Å². The monoisotopic (exact) mass is 507 g/mol. The second-order valence-electron chi connectivity index (χ2n) is 10.8. The van der Waals surface area contributed by atoms with Gasteiger partial charge in [0.15, 0.2) is 0 Å². The molecule has 0 aromatic heterocycles. The quantitative estimate of drug-likeness (QED) is 0.208. The fraction of sp³-hybridized carbons (Fsp3) is 0.211. The summed E-state index contributed by atoms with van der Waals surface area (Å²) in [6, 6.07) is 41.4. The molecule has 1 aliphatic rings. The molecule has 1 aliphatic carbocycles. The first-order valence-electron chi connectivity index (χ1n) is 14.4. The number of aryl methyl sites for hydroxylation is 4. The minimum absolute atomic E-state index is 0.230. The standard InChI is InChI=1S/C38H37N/c1-5-27-10-17-31(18-11-27)39(32-19-12-28(6-2)13-20-32)33-21-23-35-34-22-14-29(7-3)24-36(34)38(37(35)25-33)30-15-8-26(4)9-16-30/h8-25,38H,5-7H2,1-4H3. The van der Waals surface area contributed by atoms with Gasteiger partial charge in [0.05, 0.1) is 0 Å². The number of rotatable bonds is 7. The van der Waals surface area contributed by atoms with Crippen molar-refractivity contribution in [2.75, 3.05) is 4.90 Å². The zero-order valence-corrected chi connectivity index (χ0v) is 23.5. The van der Waals surface area contributed by atoms with Crippen LogP contribution in [0.25, 0.3) is 11.1 Å². The molecular weight excluding hydrogens is 470 g/mol. The first kappa shape index (κ1) is 25.2. The number of benzene rings is 5. The van der Waals surface area contributed by atoms with E-state index in [2.05, 4.69) is 142 Å². The highest BCUT2D eigenvalue weighted by molar-refractivity contribution is 5.85. The van der Waals surface area contributed by atoms with Crippen molar-refractivity contribution in [1.29, 1.82) is 0 Å². The Morgan fingerprint density at radius 2 is 0.949 bits per heavy atom. The number of hydrogen-bond acceptors (Lipinski definition) is 1. The molecule has 5 aromatic carbocycles. The SMILES string of the molecule is CCc1ccc(N(c2ccc(CC)cc2)c2ccc3c(c2)C(c2ccc(C)cc2)c2cc(CC)ccc2-3)cc1. The first-order chi connectivity index (χ1) is 19.1. The van der Waals surface area contributed by atoms with Crippen LogP contribution in [0.4, 0.5) is 17.1 Å². The minimum Gasteiger partial charge on any atom is -0.310 e. The third-order valence-corrected chi connectivity index (χ3v) is 8.35. The second-order valence-corrected chi connectivity index (χ2v) is 10.8. The summed E-state index contributed by atoms with van der Waals surface area (Å²) in [5, 5.41) is 0. The van der Waals surface area contributed by atoms with E-state index < -0.39 is 0 Å². The van der Waals surface area contributed by atoms with Crippen molar-refractivity contribution in [3.8, 4) is 11.1 Å². The van der Waals surface area contributed by atoms with Crippen LogP contribution in [0.15, 0.2) is 109 Å². The number of fused-ring (bicyclic) bond motifs is 3. The summed E-state index contributed by atoms with van der Waals surface area (Å²) in [6.45, 7) is 8.83. The van der Waals surface area contributed by atoms with E-state index >= 15 is 0 Å². The zero-order chi connectivity index (χ0) is 26.9. The van der Waals surface area contributed by atoms with Crippen LogP contribution < -0.4 is 4.90 Å². The molecule has 0 radical (unpaired) electrons. The Morgan fingerprint density at radius 1 is 0.487 bits per heavy atom. The van der Waals surface area contributed by atoms with Crippen LogP contribution in [-0.2, 0) is 19.3 Å². The molecule has 0 bridgehead atoms. The minimum atomic E-state index is 0.230. The second kappa shape index (κ2) is 10.6. The van der Waals surface area contributed by atoms with E-state index in [1.54, 1.807) is 0 Å². The summed E-state index contributed by atoms with van der Waals surface area (Å²) in [5.74, 6) is 0.230. The molecule has 0 aliphatic heterocycles. The van der Waals surface area contributed by atoms with Crippen LogP contribution in [-0.4, -0.2) is 0 Å². The van der Waals surface area contributed by atoms with Crippen molar-refractivity contribution in [2.45, 2.75) is 52.9 Å². The molecule has 0 spiro atoms. The van der Waals surface area contributed by atoms with Crippen LogP contribution in [0.1, 0.15) is 65.6 Å². The van der Waals surface area contributed by atoms with E-state index in [0.717, 1.165) is 19.3 Å². The maximum Gasteiger partial charge on any atom is 0.0465 e. The fourth-order valence-corrected chi connectivity index (χ4v) is 5.98. The lowest BCUT2D eigenvalue weighted by Gasteiger charge is -2.27. The van der Waals surface area contributed by atoms with Crippen LogP contribution in [0, 0.1) is 6.92 Å². The average Bonchev–Trinajstić information content (AvgIpc) is 3.31. The van der Waals surface area contributed by atoms with E-state index in [1.165, 1.54) is 67.1 Å². The Kier molecular flexibility index (Phi) is 6.83. The Hall–Kier alpha value is -4.10. The summed E-state index contributed by atoms with van der Waals surface area (Å²) in [7, 11) is 0. The van der Waals surface area contributed by atoms with E-state index in [1.807, 2.05) is 0 Å². The van der Waals surface area contributed by atoms with Crippen molar-refractivity contribution in [3.05, 3.63) is 148 Å². The van der Waals surface area contributed by atoms with Crippen LogP contribution in [0.3, 0.4) is 0 Å². The third kappa shape index (κ3) is 4.68. The highest BCUT2D eigenvalue weighted by atomic mass is 15.1. The Labute approximate surface area is 233 Å². The molecule has 39 heavy (non-hydrogen) atoms. The van der Waals surface area contributed by atoms with Crippen molar-refractivity contribution in [1.82, 2.24) is 0 Å². The number of anilines is 3. The molecule has 0 heterocycles. The fourth-order valence-electron chi connectivity index (χ4n) is 5.98. The lowest BCUT2D eigenvalue weighted by molar-refractivity contribution is 1.00. The van der Waals surface area contributed by atoms with Crippen molar-refractivity contribution < 1.29 is 0 Å². The summed E-state index contributed by atoms with van der Waals surface area (Å²) < 4.78 is 0. The zero-order valence-electron chi connectivity index (χ0n) is 23.5. The van der Waals surface area contributed by atoms with Gasteiger partial charge in [-0.1, -0.05) is 99.1 Å². The van der Waals surface area contributed by atoms with Gasteiger partial charge in [0.25, 0.3) is 0 Å². The van der Waals surface area contributed by atoms with Crippen LogP contribution in [0.2, 0.25) is 0 Å². The van der Waals surface area contributed by atoms with Gasteiger partial charge in [-0.3, -0.25) is 0 Å². The molecular formula is C38H37N. The highest BCUT2D eigenvalue weighted by Crippen LogP contribution is 2.50. The molecule has 1 heteroatoms. The van der Waals surface area contributed by atoms with Crippen LogP contribution in [0.5, 0.6) is 0 Å². The third-order valence-electron chi connectivity index (χ3n) is 8.35. The van der Waals surface area contributed by atoms with Gasteiger partial charge < -0.3 is 4.90 Å². The average molecular weight is 508 g/mol. The smallest absolute Gasteiger partial charge is 0.0465 e. The predicted octanol–water partition coefficient (Wildman–Crippen LogP) is 10.3. The van der Waals surface area contributed by atoms with Gasteiger partial charge >= 0.3 is 0 Å². The topological polar surface area (TPSA) is 3.24 Å². The summed E-state index contributed by atoms with van der Waals surface area (Å²) >= 11 is 0. The molecule has 1 unspecified atom stereocenters. The molecule has 0 saturated heterocycles. The molecule has 0 saturated carbocycles. The molecule has 1 atom stereocenters. The van der Waals surface area contributed by atoms with Gasteiger partial charge in [0, 0.05) is 23.0 Å². The lowest BCUT2D eigenvalue weighted by atomic mass is 9.88. The van der Waals surface area contributed by atoms with Gasteiger partial charge in [-0.25, -0.2) is 0 Å². The lowest BCUT2D eigenvalue weighted by Crippen LogP contribution is -2.11. The maximum atomic E-state index is 2.44.